The zero-order valence-electron chi connectivity index (χ0n) is 19.6. The molecule has 2 N–H and O–H groups in total. The summed E-state index contributed by atoms with van der Waals surface area (Å²) >= 11 is 0. The van der Waals surface area contributed by atoms with Gasteiger partial charge in [0.1, 0.15) is 12.4 Å². The van der Waals surface area contributed by atoms with Crippen LogP contribution in [0.15, 0.2) is 60.7 Å². The summed E-state index contributed by atoms with van der Waals surface area (Å²) in [6.45, 7) is 1.30. The third-order valence-corrected chi connectivity index (χ3v) is 6.09. The van der Waals surface area contributed by atoms with Crippen molar-refractivity contribution >= 4 is 17.5 Å². The van der Waals surface area contributed by atoms with Gasteiger partial charge in [-0.15, -0.1) is 0 Å². The van der Waals surface area contributed by atoms with Crippen LogP contribution < -0.4 is 15.4 Å². The normalized spacial score (nSPS) is 22.4. The summed E-state index contributed by atoms with van der Waals surface area (Å²) in [5.74, 6) is 0.00615. The number of halogens is 3. The molecule has 0 bridgehead atoms. The maximum Gasteiger partial charge on any atom is 0.416 e. The molecule has 10 heteroatoms. The number of anilines is 1. The number of morpholine rings is 1. The number of nitrogens with zero attached hydrogens (tertiary/aromatic N) is 1. The minimum absolute atomic E-state index is 0.0600. The number of ether oxygens (including phenoxy) is 2. The number of benzene rings is 2. The standard InChI is InChI=1S/C26H28F3N3O4/c27-26(28,29)20-8-5-9-21(16-20)31-23(33)17-32-13-15-36-25(18-32)11-4-3-7-19-6-1-2-10-22(19)35-14-12-30-24(25)34/h1-6,8-10,16H,7,11-15,17-18H2,(H,30,34)(H,31,33)/b4-3+. The van der Waals surface area contributed by atoms with Crippen molar-refractivity contribution in [1.82, 2.24) is 10.2 Å². The third kappa shape index (κ3) is 6.44. The molecule has 1 saturated heterocycles. The summed E-state index contributed by atoms with van der Waals surface area (Å²) < 4.78 is 50.7. The smallest absolute Gasteiger partial charge is 0.416 e. The molecule has 2 aliphatic rings. The van der Waals surface area contributed by atoms with Gasteiger partial charge in [-0.2, -0.15) is 13.2 Å². The lowest BCUT2D eigenvalue weighted by molar-refractivity contribution is -0.160. The fourth-order valence-corrected chi connectivity index (χ4v) is 4.31. The van der Waals surface area contributed by atoms with Crippen LogP contribution >= 0.6 is 0 Å². The second kappa shape index (κ2) is 11.1. The van der Waals surface area contributed by atoms with Gasteiger partial charge < -0.3 is 20.1 Å². The molecule has 192 valence electrons. The Morgan fingerprint density at radius 1 is 1.11 bits per heavy atom. The van der Waals surface area contributed by atoms with E-state index in [4.69, 9.17) is 9.47 Å². The first-order valence-corrected chi connectivity index (χ1v) is 11.7. The molecule has 2 aromatic carbocycles. The molecule has 1 fully saturated rings. The zero-order valence-corrected chi connectivity index (χ0v) is 19.6. The van der Waals surface area contributed by atoms with Gasteiger partial charge in [0.25, 0.3) is 5.91 Å². The van der Waals surface area contributed by atoms with Crippen LogP contribution in [0.1, 0.15) is 17.5 Å². The van der Waals surface area contributed by atoms with Crippen LogP contribution in [0.2, 0.25) is 0 Å². The van der Waals surface area contributed by atoms with Gasteiger partial charge in [-0.25, -0.2) is 0 Å². The van der Waals surface area contributed by atoms with Crippen molar-refractivity contribution in [2.75, 3.05) is 44.7 Å². The molecule has 2 aliphatic heterocycles. The largest absolute Gasteiger partial charge is 0.491 e. The quantitative estimate of drug-likeness (QED) is 0.628. The minimum Gasteiger partial charge on any atom is -0.491 e. The van der Waals surface area contributed by atoms with Crippen LogP contribution in [-0.2, 0) is 26.9 Å². The molecular weight excluding hydrogens is 475 g/mol. The lowest BCUT2D eigenvalue weighted by Crippen LogP contribution is -2.60. The number of hydrogen-bond acceptors (Lipinski definition) is 5. The van der Waals surface area contributed by atoms with Crippen molar-refractivity contribution in [3.05, 3.63) is 71.8 Å². The van der Waals surface area contributed by atoms with Crippen molar-refractivity contribution in [2.45, 2.75) is 24.6 Å². The first kappa shape index (κ1) is 25.7. The van der Waals surface area contributed by atoms with Crippen LogP contribution in [0.4, 0.5) is 18.9 Å². The highest BCUT2D eigenvalue weighted by Gasteiger charge is 2.43. The minimum atomic E-state index is -4.50. The summed E-state index contributed by atoms with van der Waals surface area (Å²) in [4.78, 5) is 27.5. The van der Waals surface area contributed by atoms with Gasteiger partial charge in [0.05, 0.1) is 25.3 Å². The molecule has 1 atom stereocenters. The van der Waals surface area contributed by atoms with Gasteiger partial charge in [0, 0.05) is 25.2 Å². The van der Waals surface area contributed by atoms with Crippen molar-refractivity contribution in [3.63, 3.8) is 0 Å². The van der Waals surface area contributed by atoms with Crippen LogP contribution in [0.5, 0.6) is 5.75 Å². The highest BCUT2D eigenvalue weighted by molar-refractivity contribution is 5.92. The van der Waals surface area contributed by atoms with Gasteiger partial charge >= 0.3 is 6.18 Å². The number of hydrogen-bond donors (Lipinski definition) is 2. The Bertz CT molecular complexity index is 1120. The molecule has 4 rings (SSSR count). The van der Waals surface area contributed by atoms with Gasteiger partial charge in [0.15, 0.2) is 5.60 Å². The first-order valence-electron chi connectivity index (χ1n) is 11.7. The molecular formula is C26H28F3N3O4. The lowest BCUT2D eigenvalue weighted by atomic mass is 9.94. The average Bonchev–Trinajstić information content (AvgIpc) is 2.84. The molecule has 36 heavy (non-hydrogen) atoms. The van der Waals surface area contributed by atoms with E-state index in [1.54, 1.807) is 4.90 Å². The van der Waals surface area contributed by atoms with E-state index in [0.29, 0.717) is 26.0 Å². The van der Waals surface area contributed by atoms with Gasteiger partial charge in [-0.05, 0) is 36.2 Å². The summed E-state index contributed by atoms with van der Waals surface area (Å²) in [5, 5.41) is 5.39. The number of rotatable bonds is 3. The fraction of sp³-hybridized carbons (Fsp3) is 0.385. The van der Waals surface area contributed by atoms with E-state index < -0.39 is 23.2 Å². The van der Waals surface area contributed by atoms with Crippen LogP contribution in [-0.4, -0.2) is 61.7 Å². The highest BCUT2D eigenvalue weighted by atomic mass is 19.4. The lowest BCUT2D eigenvalue weighted by Gasteiger charge is -2.41. The molecule has 0 aromatic heterocycles. The van der Waals surface area contributed by atoms with Crippen LogP contribution in [0.25, 0.3) is 0 Å². The molecule has 7 nitrogen and oxygen atoms in total. The number of amides is 2. The predicted molar refractivity (Wildman–Crippen MR) is 128 cm³/mol. The number of para-hydroxylation sites is 1. The molecule has 2 aromatic rings. The van der Waals surface area contributed by atoms with E-state index in [9.17, 15) is 22.8 Å². The Kier molecular flexibility index (Phi) is 7.95. The van der Waals surface area contributed by atoms with Gasteiger partial charge in [0.2, 0.25) is 5.91 Å². The SMILES string of the molecule is O=C(CN1CCOC2(C/C=C/Cc3ccccc3OCCNC2=O)C1)Nc1cccc(C(F)(F)F)c1. The van der Waals surface area contributed by atoms with Crippen molar-refractivity contribution in [1.29, 1.82) is 0 Å². The molecule has 1 spiro atoms. The monoisotopic (exact) mass is 503 g/mol. The number of fused-ring (bicyclic) bond motifs is 1. The maximum atomic E-state index is 13.1. The Hall–Kier alpha value is -3.37. The van der Waals surface area contributed by atoms with E-state index in [-0.39, 0.29) is 37.8 Å². The number of carbonyl (C=O) groups excluding carboxylic acids is 2. The Morgan fingerprint density at radius 3 is 2.78 bits per heavy atom. The second-order valence-electron chi connectivity index (χ2n) is 8.77. The van der Waals surface area contributed by atoms with Crippen molar-refractivity contribution in [2.24, 2.45) is 0 Å². The van der Waals surface area contributed by atoms with E-state index in [2.05, 4.69) is 10.6 Å². The average molecular weight is 504 g/mol. The Balaban J connectivity index is 1.42. The molecule has 0 radical (unpaired) electrons. The number of carbonyl (C=O) groups is 2. The van der Waals surface area contributed by atoms with Crippen molar-refractivity contribution in [3.8, 4) is 5.75 Å². The van der Waals surface area contributed by atoms with Gasteiger partial charge in [-0.3, -0.25) is 14.5 Å². The fourth-order valence-electron chi connectivity index (χ4n) is 4.31. The first-order chi connectivity index (χ1) is 17.2. The molecule has 0 saturated carbocycles. The second-order valence-corrected chi connectivity index (χ2v) is 8.77. The van der Waals surface area contributed by atoms with E-state index in [1.807, 2.05) is 36.4 Å². The van der Waals surface area contributed by atoms with E-state index >= 15 is 0 Å². The van der Waals surface area contributed by atoms with Crippen LogP contribution in [0.3, 0.4) is 0 Å². The number of allylic oxidation sites excluding steroid dienone is 1. The molecule has 2 heterocycles. The Morgan fingerprint density at radius 2 is 1.94 bits per heavy atom. The van der Waals surface area contributed by atoms with E-state index in [1.165, 1.54) is 12.1 Å². The topological polar surface area (TPSA) is 79.9 Å². The zero-order chi connectivity index (χ0) is 25.6. The summed E-state index contributed by atoms with van der Waals surface area (Å²) in [5.41, 5.74) is -0.935. The van der Waals surface area contributed by atoms with Crippen LogP contribution in [0, 0.1) is 0 Å². The predicted octanol–water partition coefficient (Wildman–Crippen LogP) is 3.41. The van der Waals surface area contributed by atoms with E-state index in [0.717, 1.165) is 23.4 Å². The molecule has 1 unspecified atom stereocenters. The highest BCUT2D eigenvalue weighted by Crippen LogP contribution is 2.31. The Labute approximate surface area is 207 Å². The number of alkyl halides is 3. The summed E-state index contributed by atoms with van der Waals surface area (Å²) in [7, 11) is 0. The summed E-state index contributed by atoms with van der Waals surface area (Å²) in [6.07, 6.45) is 0.301. The van der Waals surface area contributed by atoms with Crippen molar-refractivity contribution < 1.29 is 32.2 Å². The number of nitrogens with one attached hydrogen (secondary N) is 2. The van der Waals surface area contributed by atoms with Gasteiger partial charge in [-0.1, -0.05) is 36.4 Å². The third-order valence-electron chi connectivity index (χ3n) is 6.09. The molecule has 2 amide bonds. The maximum absolute atomic E-state index is 13.1. The molecule has 0 aliphatic carbocycles. The summed E-state index contributed by atoms with van der Waals surface area (Å²) in [6, 6.07) is 12.2.